The van der Waals surface area contributed by atoms with Crippen LogP contribution in [0.25, 0.3) is 16.5 Å². The summed E-state index contributed by atoms with van der Waals surface area (Å²) in [5.74, 6) is 0.0421. The lowest BCUT2D eigenvalue weighted by molar-refractivity contribution is -0.308. The van der Waals surface area contributed by atoms with Gasteiger partial charge < -0.3 is 25.0 Å². The number of aromatic nitrogens is 2. The van der Waals surface area contributed by atoms with Crippen LogP contribution in [0.3, 0.4) is 0 Å². The number of fused-ring (bicyclic) bond motifs is 2. The predicted octanol–water partition coefficient (Wildman–Crippen LogP) is 2.73. The Morgan fingerprint density at radius 2 is 1.97 bits per heavy atom. The molecule has 2 aromatic rings. The van der Waals surface area contributed by atoms with E-state index in [0.29, 0.717) is 24.8 Å². The summed E-state index contributed by atoms with van der Waals surface area (Å²) >= 11 is 0. The Morgan fingerprint density at radius 1 is 1.17 bits per heavy atom. The fourth-order valence-electron chi connectivity index (χ4n) is 8.64. The molecule has 2 bridgehead atoms. The lowest BCUT2D eigenvalue weighted by Crippen LogP contribution is -2.78. The average Bonchev–Trinajstić information content (AvgIpc) is 3.55. The zero-order valence-corrected chi connectivity index (χ0v) is 20.9. The summed E-state index contributed by atoms with van der Waals surface area (Å²) in [6.45, 7) is 2.26. The number of allylic oxidation sites excluding steroid dienone is 3. The fraction of sp³-hybridized carbons (Fsp3) is 0.607. The summed E-state index contributed by atoms with van der Waals surface area (Å²) in [6.07, 6.45) is 4.15. The average molecular weight is 496 g/mol. The molecule has 0 amide bonds. The second kappa shape index (κ2) is 7.05. The molecule has 5 aliphatic rings. The lowest BCUT2D eigenvalue weighted by Gasteiger charge is -2.62. The number of aliphatic hydroxyl groups excluding tert-OH is 3. The normalized spacial score (nSPS) is 47.4. The summed E-state index contributed by atoms with van der Waals surface area (Å²) in [5, 5.41) is 41.7. The first-order chi connectivity index (χ1) is 17.1. The Bertz CT molecular complexity index is 1320. The van der Waals surface area contributed by atoms with Crippen molar-refractivity contribution in [3.8, 4) is 0 Å². The number of H-pyrrole nitrogens is 1. The van der Waals surface area contributed by atoms with Crippen LogP contribution in [-0.4, -0.2) is 85.7 Å². The molecule has 8 heteroatoms. The smallest absolute Gasteiger partial charge is 0.197 e. The van der Waals surface area contributed by atoms with Crippen LogP contribution in [0, 0.1) is 11.3 Å². The van der Waals surface area contributed by atoms with Gasteiger partial charge in [-0.2, -0.15) is 5.10 Å². The van der Waals surface area contributed by atoms with Gasteiger partial charge in [0.2, 0.25) is 0 Å². The maximum Gasteiger partial charge on any atom is 0.197 e. The fourth-order valence-corrected chi connectivity index (χ4v) is 8.64. The van der Waals surface area contributed by atoms with Gasteiger partial charge in [-0.1, -0.05) is 25.1 Å². The monoisotopic (exact) mass is 495 g/mol. The van der Waals surface area contributed by atoms with Gasteiger partial charge in [-0.3, -0.25) is 5.10 Å². The predicted molar refractivity (Wildman–Crippen MR) is 133 cm³/mol. The number of halogens is 1. The highest BCUT2D eigenvalue weighted by molar-refractivity contribution is 5.85. The third-order valence-corrected chi connectivity index (χ3v) is 10.5. The molecule has 2 saturated heterocycles. The molecule has 192 valence electrons. The minimum absolute atomic E-state index is 0.0421. The van der Waals surface area contributed by atoms with Crippen molar-refractivity contribution in [2.24, 2.45) is 11.3 Å². The standard InChI is InChI=1S/C28H34FN3O4/c1-25-9-8-18-23(34)28(29)24(35)22(33)20(32(2)3)13-26(28)10-11-27(18,36-26)21(25)7-5-17(25)15-4-6-19-16(12-15)14-30-31-19/h4-6,8,12,14,20-24,33-35H,7,9-11,13H2,1-3H3,(H,30,31). The van der Waals surface area contributed by atoms with E-state index < -0.39 is 41.2 Å². The van der Waals surface area contributed by atoms with E-state index >= 15 is 4.39 Å². The highest BCUT2D eigenvalue weighted by Gasteiger charge is 2.79. The number of ether oxygens (including phenoxy) is 1. The minimum Gasteiger partial charge on any atom is -0.389 e. The van der Waals surface area contributed by atoms with Crippen molar-refractivity contribution in [3.63, 3.8) is 0 Å². The minimum atomic E-state index is -2.46. The van der Waals surface area contributed by atoms with Crippen LogP contribution in [0.5, 0.6) is 0 Å². The lowest BCUT2D eigenvalue weighted by atomic mass is 9.55. The number of hydrogen-bond donors (Lipinski definition) is 4. The van der Waals surface area contributed by atoms with Crippen LogP contribution in [-0.2, 0) is 4.74 Å². The van der Waals surface area contributed by atoms with Crippen molar-refractivity contribution >= 4 is 16.5 Å². The van der Waals surface area contributed by atoms with Crippen molar-refractivity contribution in [1.29, 1.82) is 0 Å². The topological polar surface area (TPSA) is 102 Å². The van der Waals surface area contributed by atoms with Crippen LogP contribution < -0.4 is 0 Å². The van der Waals surface area contributed by atoms with E-state index in [9.17, 15) is 15.3 Å². The van der Waals surface area contributed by atoms with E-state index in [1.165, 1.54) is 5.57 Å². The molecule has 4 N–H and O–H groups in total. The van der Waals surface area contributed by atoms with Gasteiger partial charge in [-0.25, -0.2) is 4.39 Å². The third kappa shape index (κ3) is 2.48. The Balaban J connectivity index is 1.32. The molecule has 3 heterocycles. The molecule has 1 saturated carbocycles. The first-order valence-electron chi connectivity index (χ1n) is 13.0. The van der Waals surface area contributed by atoms with Gasteiger partial charge in [-0.15, -0.1) is 0 Å². The van der Waals surface area contributed by atoms with E-state index in [0.717, 1.165) is 22.9 Å². The quantitative estimate of drug-likeness (QED) is 0.478. The van der Waals surface area contributed by atoms with E-state index in [1.54, 1.807) is 0 Å². The summed E-state index contributed by atoms with van der Waals surface area (Å²) < 4.78 is 23.9. The number of nitrogens with zero attached hydrogens (tertiary/aromatic N) is 2. The molecular formula is C28H34FN3O4. The Morgan fingerprint density at radius 3 is 2.75 bits per heavy atom. The molecule has 2 aliphatic heterocycles. The van der Waals surface area contributed by atoms with E-state index in [4.69, 9.17) is 4.74 Å². The molecule has 3 aliphatic carbocycles. The number of aromatic amines is 1. The maximum atomic E-state index is 17.0. The van der Waals surface area contributed by atoms with Gasteiger partial charge in [0.05, 0.1) is 23.4 Å². The molecule has 3 fully saturated rings. The molecular weight excluding hydrogens is 461 g/mol. The van der Waals surface area contributed by atoms with Gasteiger partial charge in [0, 0.05) is 22.8 Å². The van der Waals surface area contributed by atoms with Crippen LogP contribution in [0.15, 0.2) is 42.1 Å². The largest absolute Gasteiger partial charge is 0.389 e. The molecule has 1 aromatic carbocycles. The van der Waals surface area contributed by atoms with E-state index in [2.05, 4.69) is 41.4 Å². The Labute approximate surface area is 209 Å². The van der Waals surface area contributed by atoms with E-state index in [1.807, 2.05) is 31.3 Å². The number of benzene rings is 1. The Kier molecular flexibility index (Phi) is 4.52. The zero-order valence-electron chi connectivity index (χ0n) is 20.9. The molecule has 36 heavy (non-hydrogen) atoms. The summed E-state index contributed by atoms with van der Waals surface area (Å²) in [4.78, 5) is 1.82. The molecule has 1 aromatic heterocycles. The van der Waals surface area contributed by atoms with Crippen molar-refractivity contribution < 1.29 is 24.4 Å². The number of hydrogen-bond acceptors (Lipinski definition) is 6. The third-order valence-electron chi connectivity index (χ3n) is 10.5. The number of nitrogens with one attached hydrogen (secondary N) is 1. The maximum absolute atomic E-state index is 17.0. The van der Waals surface area contributed by atoms with Crippen molar-refractivity contribution in [2.75, 3.05) is 14.1 Å². The SMILES string of the molecule is CN(C)C1CC23CCC4(O2)C(=CCC2(C)C(c5ccc6[nH]ncc6c5)=CCC24)C(O)C3(F)C(O)C1O. The molecule has 9 atom stereocenters. The first kappa shape index (κ1) is 23.0. The van der Waals surface area contributed by atoms with Crippen LogP contribution in [0.2, 0.25) is 0 Å². The van der Waals surface area contributed by atoms with Crippen LogP contribution in [0.4, 0.5) is 4.39 Å². The summed E-state index contributed by atoms with van der Waals surface area (Å²) in [5.41, 5.74) is -0.901. The second-order valence-electron chi connectivity index (χ2n) is 12.2. The molecule has 9 unspecified atom stereocenters. The zero-order chi connectivity index (χ0) is 25.3. The van der Waals surface area contributed by atoms with Crippen molar-refractivity contribution in [3.05, 3.63) is 47.7 Å². The molecule has 7 nitrogen and oxygen atoms in total. The highest BCUT2D eigenvalue weighted by atomic mass is 19.1. The van der Waals surface area contributed by atoms with Crippen LogP contribution >= 0.6 is 0 Å². The summed E-state index contributed by atoms with van der Waals surface area (Å²) in [6, 6.07) is 5.87. The van der Waals surface area contributed by atoms with E-state index in [-0.39, 0.29) is 17.8 Å². The highest BCUT2D eigenvalue weighted by Crippen LogP contribution is 2.70. The second-order valence-corrected chi connectivity index (χ2v) is 12.2. The van der Waals surface area contributed by atoms with Gasteiger partial charge in [0.15, 0.2) is 5.67 Å². The van der Waals surface area contributed by atoms with Crippen molar-refractivity contribution in [2.45, 2.75) is 80.3 Å². The molecule has 7 rings (SSSR count). The molecule has 2 spiro atoms. The number of alkyl halides is 1. The Hall–Kier alpha value is -2.10. The van der Waals surface area contributed by atoms with Crippen LogP contribution in [0.1, 0.15) is 44.6 Å². The molecule has 0 radical (unpaired) electrons. The van der Waals surface area contributed by atoms with Crippen molar-refractivity contribution in [1.82, 2.24) is 15.1 Å². The number of rotatable bonds is 2. The van der Waals surface area contributed by atoms with Gasteiger partial charge in [0.1, 0.15) is 17.8 Å². The van der Waals surface area contributed by atoms with Gasteiger partial charge >= 0.3 is 0 Å². The number of aliphatic hydroxyl groups is 3. The van der Waals surface area contributed by atoms with Gasteiger partial charge in [0.25, 0.3) is 0 Å². The van der Waals surface area contributed by atoms with Gasteiger partial charge in [-0.05, 0) is 75.0 Å². The first-order valence-corrected chi connectivity index (χ1v) is 13.0. The summed E-state index contributed by atoms with van der Waals surface area (Å²) in [7, 11) is 3.64. The number of likely N-dealkylation sites (N-methyl/N-ethyl adjacent to an activating group) is 1.